The maximum absolute atomic E-state index is 11.9. The van der Waals surface area contributed by atoms with Gasteiger partial charge in [-0.2, -0.15) is 5.10 Å². The zero-order chi connectivity index (χ0) is 14.8. The largest absolute Gasteiger partial charge is 0.344 e. The summed E-state index contributed by atoms with van der Waals surface area (Å²) in [7, 11) is 3.51. The number of benzene rings is 1. The Bertz CT molecular complexity index is 759. The number of amides is 1. The molecule has 0 atom stereocenters. The Kier molecular flexibility index (Phi) is 3.58. The molecule has 5 heteroatoms. The van der Waals surface area contributed by atoms with Crippen molar-refractivity contribution >= 4 is 17.2 Å². The lowest BCUT2D eigenvalue weighted by Crippen LogP contribution is -2.20. The molecule has 0 saturated heterocycles. The molecule has 4 nitrogen and oxygen atoms in total. The average molecular weight is 297 g/mol. The van der Waals surface area contributed by atoms with Crippen molar-refractivity contribution in [1.29, 1.82) is 0 Å². The van der Waals surface area contributed by atoms with Crippen molar-refractivity contribution in [1.82, 2.24) is 15.1 Å². The molecule has 1 N–H and O–H groups in total. The lowest BCUT2D eigenvalue weighted by molar-refractivity contribution is 0.0832. The van der Waals surface area contributed by atoms with Crippen LogP contribution in [-0.2, 0) is 0 Å². The van der Waals surface area contributed by atoms with Crippen LogP contribution in [-0.4, -0.2) is 35.1 Å². The zero-order valence-corrected chi connectivity index (χ0v) is 12.6. The summed E-state index contributed by atoms with van der Waals surface area (Å²) >= 11 is 1.47. The van der Waals surface area contributed by atoms with Crippen molar-refractivity contribution in [2.24, 2.45) is 0 Å². The van der Waals surface area contributed by atoms with E-state index in [-0.39, 0.29) is 5.91 Å². The van der Waals surface area contributed by atoms with Crippen molar-refractivity contribution in [2.45, 2.75) is 0 Å². The summed E-state index contributed by atoms with van der Waals surface area (Å²) in [5.74, 6) is 0.0223. The van der Waals surface area contributed by atoms with Gasteiger partial charge in [0.05, 0.1) is 21.1 Å². The van der Waals surface area contributed by atoms with Gasteiger partial charge in [0.1, 0.15) is 0 Å². The van der Waals surface area contributed by atoms with Crippen molar-refractivity contribution < 1.29 is 4.79 Å². The van der Waals surface area contributed by atoms with Gasteiger partial charge < -0.3 is 4.90 Å². The number of H-pyrrole nitrogens is 1. The Balaban J connectivity index is 1.89. The minimum atomic E-state index is 0.0223. The summed E-state index contributed by atoms with van der Waals surface area (Å²) < 4.78 is 0. The SMILES string of the molecule is CN(C)C(=O)c1ccc(-c2cc(-c3ccccc3)n[nH]2)s1. The number of aromatic amines is 1. The molecule has 0 spiro atoms. The summed E-state index contributed by atoms with van der Waals surface area (Å²) in [4.78, 5) is 15.2. The van der Waals surface area contributed by atoms with Gasteiger partial charge in [-0.15, -0.1) is 11.3 Å². The molecular weight excluding hydrogens is 282 g/mol. The second-order valence-electron chi connectivity index (χ2n) is 4.90. The van der Waals surface area contributed by atoms with Crippen LogP contribution in [0.4, 0.5) is 0 Å². The predicted octanol–water partition coefficient (Wildman–Crippen LogP) is 3.51. The quantitative estimate of drug-likeness (QED) is 0.804. The van der Waals surface area contributed by atoms with E-state index in [1.54, 1.807) is 19.0 Å². The predicted molar refractivity (Wildman–Crippen MR) is 85.4 cm³/mol. The molecular formula is C16H15N3OS. The molecule has 2 aromatic heterocycles. The number of aromatic nitrogens is 2. The number of hydrogen-bond donors (Lipinski definition) is 1. The van der Waals surface area contributed by atoms with Crippen LogP contribution in [0.2, 0.25) is 0 Å². The van der Waals surface area contributed by atoms with Crippen molar-refractivity contribution in [3.8, 4) is 21.8 Å². The highest BCUT2D eigenvalue weighted by atomic mass is 32.1. The molecule has 1 amide bonds. The Hall–Kier alpha value is -2.40. The van der Waals surface area contributed by atoms with Crippen LogP contribution in [0.5, 0.6) is 0 Å². The maximum atomic E-state index is 11.9. The van der Waals surface area contributed by atoms with Crippen LogP contribution in [0.3, 0.4) is 0 Å². The summed E-state index contributed by atoms with van der Waals surface area (Å²) in [6, 6.07) is 15.8. The summed E-state index contributed by atoms with van der Waals surface area (Å²) in [6.07, 6.45) is 0. The molecule has 0 aliphatic heterocycles. The smallest absolute Gasteiger partial charge is 0.263 e. The molecule has 0 radical (unpaired) electrons. The first-order valence-corrected chi connectivity index (χ1v) is 7.39. The molecule has 21 heavy (non-hydrogen) atoms. The number of rotatable bonds is 3. The third kappa shape index (κ3) is 2.73. The van der Waals surface area contributed by atoms with E-state index in [9.17, 15) is 4.79 Å². The van der Waals surface area contributed by atoms with E-state index in [4.69, 9.17) is 0 Å². The second kappa shape index (κ2) is 5.54. The fourth-order valence-electron chi connectivity index (χ4n) is 2.02. The van der Waals surface area contributed by atoms with Crippen molar-refractivity contribution in [2.75, 3.05) is 14.1 Å². The molecule has 0 aliphatic rings. The first kappa shape index (κ1) is 13.6. The molecule has 2 heterocycles. The van der Waals surface area contributed by atoms with Crippen LogP contribution in [0.1, 0.15) is 9.67 Å². The number of hydrogen-bond acceptors (Lipinski definition) is 3. The topological polar surface area (TPSA) is 49.0 Å². The van der Waals surface area contributed by atoms with E-state index in [2.05, 4.69) is 10.2 Å². The molecule has 1 aromatic carbocycles. The number of carbonyl (C=O) groups is 1. The van der Waals surface area contributed by atoms with Gasteiger partial charge in [0.15, 0.2) is 0 Å². The lowest BCUT2D eigenvalue weighted by atomic mass is 10.1. The molecule has 0 unspecified atom stereocenters. The van der Waals surface area contributed by atoms with Crippen LogP contribution < -0.4 is 0 Å². The Labute approximate surface area is 127 Å². The Morgan fingerprint density at radius 3 is 2.62 bits per heavy atom. The van der Waals surface area contributed by atoms with Crippen LogP contribution in [0.25, 0.3) is 21.8 Å². The summed E-state index contributed by atoms with van der Waals surface area (Å²) in [5, 5.41) is 7.38. The van der Waals surface area contributed by atoms with Crippen molar-refractivity contribution in [3.63, 3.8) is 0 Å². The maximum Gasteiger partial charge on any atom is 0.263 e. The fourth-order valence-corrected chi connectivity index (χ4v) is 3.02. The molecule has 0 aliphatic carbocycles. The molecule has 0 fully saturated rings. The number of nitrogens with one attached hydrogen (secondary N) is 1. The van der Waals surface area contributed by atoms with E-state index >= 15 is 0 Å². The summed E-state index contributed by atoms with van der Waals surface area (Å²) in [5.41, 5.74) is 2.90. The van der Waals surface area contributed by atoms with Crippen LogP contribution in [0.15, 0.2) is 48.5 Å². The molecule has 106 valence electrons. The highest BCUT2D eigenvalue weighted by molar-refractivity contribution is 7.17. The molecule has 3 rings (SSSR count). The standard InChI is InChI=1S/C16H15N3OS/c1-19(2)16(20)15-9-8-14(21-15)13-10-12(17-18-13)11-6-4-3-5-7-11/h3-10H,1-2H3,(H,17,18). The fraction of sp³-hybridized carbons (Fsp3) is 0.125. The third-order valence-corrected chi connectivity index (χ3v) is 4.24. The van der Waals surface area contributed by atoms with E-state index in [0.29, 0.717) is 0 Å². The first-order valence-electron chi connectivity index (χ1n) is 6.58. The number of carbonyl (C=O) groups excluding carboxylic acids is 1. The lowest BCUT2D eigenvalue weighted by Gasteiger charge is -2.06. The van der Waals surface area contributed by atoms with Gasteiger partial charge in [-0.25, -0.2) is 0 Å². The summed E-state index contributed by atoms with van der Waals surface area (Å²) in [6.45, 7) is 0. The minimum absolute atomic E-state index is 0.0223. The van der Waals surface area contributed by atoms with Gasteiger partial charge in [0.25, 0.3) is 5.91 Å². The van der Waals surface area contributed by atoms with Gasteiger partial charge in [0.2, 0.25) is 0 Å². The van der Waals surface area contributed by atoms with E-state index in [0.717, 1.165) is 26.7 Å². The normalized spacial score (nSPS) is 10.6. The monoisotopic (exact) mass is 297 g/mol. The van der Waals surface area contributed by atoms with Gasteiger partial charge >= 0.3 is 0 Å². The Morgan fingerprint density at radius 1 is 1.14 bits per heavy atom. The Morgan fingerprint density at radius 2 is 1.90 bits per heavy atom. The van der Waals surface area contributed by atoms with Gasteiger partial charge in [-0.3, -0.25) is 9.89 Å². The zero-order valence-electron chi connectivity index (χ0n) is 11.8. The third-order valence-electron chi connectivity index (χ3n) is 3.14. The average Bonchev–Trinajstić information content (AvgIpc) is 3.16. The van der Waals surface area contributed by atoms with E-state index in [1.807, 2.05) is 48.5 Å². The minimum Gasteiger partial charge on any atom is -0.344 e. The number of nitrogens with zero attached hydrogens (tertiary/aromatic N) is 2. The van der Waals surface area contributed by atoms with Crippen LogP contribution >= 0.6 is 11.3 Å². The first-order chi connectivity index (χ1) is 10.1. The van der Waals surface area contributed by atoms with Crippen molar-refractivity contribution in [3.05, 3.63) is 53.4 Å². The van der Waals surface area contributed by atoms with Crippen LogP contribution in [0, 0.1) is 0 Å². The van der Waals surface area contributed by atoms with E-state index in [1.165, 1.54) is 11.3 Å². The van der Waals surface area contributed by atoms with Gasteiger partial charge in [-0.05, 0) is 18.2 Å². The van der Waals surface area contributed by atoms with Gasteiger partial charge in [-0.1, -0.05) is 30.3 Å². The number of thiophene rings is 1. The molecule has 0 bridgehead atoms. The highest BCUT2D eigenvalue weighted by Gasteiger charge is 2.13. The molecule has 3 aromatic rings. The molecule has 0 saturated carbocycles. The second-order valence-corrected chi connectivity index (χ2v) is 5.98. The van der Waals surface area contributed by atoms with Gasteiger partial charge in [0, 0.05) is 19.7 Å². The highest BCUT2D eigenvalue weighted by Crippen LogP contribution is 2.29. The van der Waals surface area contributed by atoms with E-state index < -0.39 is 0 Å².